The number of hydrogen-bond donors (Lipinski definition) is 2. The van der Waals surface area contributed by atoms with Gasteiger partial charge in [0.05, 0.1) is 5.75 Å². The van der Waals surface area contributed by atoms with Crippen LogP contribution in [0, 0.1) is 17.8 Å². The Labute approximate surface area is 99.2 Å². The van der Waals surface area contributed by atoms with Crippen LogP contribution in [0.4, 0.5) is 0 Å². The molecule has 2 aliphatic rings. The fourth-order valence-corrected chi connectivity index (χ4v) is 3.30. The van der Waals surface area contributed by atoms with Gasteiger partial charge in [-0.2, -0.15) is 0 Å². The number of amides is 1. The van der Waals surface area contributed by atoms with Gasteiger partial charge in [-0.25, -0.2) is 0 Å². The van der Waals surface area contributed by atoms with Crippen LogP contribution in [0.25, 0.3) is 0 Å². The van der Waals surface area contributed by atoms with E-state index in [9.17, 15) is 9.59 Å². The quantitative estimate of drug-likeness (QED) is 0.682. The number of aliphatic carboxylic acids is 1. The molecule has 0 aromatic rings. The fraction of sp³-hybridized carbons (Fsp3) is 0.818. The highest BCUT2D eigenvalue weighted by Crippen LogP contribution is 2.57. The lowest BCUT2D eigenvalue weighted by atomic mass is 10.1. The first-order valence-corrected chi connectivity index (χ1v) is 6.93. The second-order valence-corrected chi connectivity index (χ2v) is 5.63. The molecule has 2 N–H and O–H groups in total. The Balaban J connectivity index is 1.54. The molecule has 0 aliphatic heterocycles. The third kappa shape index (κ3) is 2.70. The van der Waals surface area contributed by atoms with Gasteiger partial charge in [0.1, 0.15) is 0 Å². The highest BCUT2D eigenvalue weighted by atomic mass is 32.2. The SMILES string of the molecule is O=C(O)CSCCNC(=O)C1C2CCCC21. The van der Waals surface area contributed by atoms with Gasteiger partial charge in [-0.15, -0.1) is 11.8 Å². The standard InChI is InChI=1S/C11H17NO3S/c13-9(14)6-16-5-4-12-11(15)10-7-2-1-3-8(7)10/h7-8,10H,1-6H2,(H,12,15)(H,13,14). The van der Waals surface area contributed by atoms with Gasteiger partial charge in [-0.3, -0.25) is 9.59 Å². The van der Waals surface area contributed by atoms with E-state index in [1.165, 1.54) is 31.0 Å². The van der Waals surface area contributed by atoms with Crippen LogP contribution >= 0.6 is 11.8 Å². The molecule has 4 nitrogen and oxygen atoms in total. The Hall–Kier alpha value is -0.710. The van der Waals surface area contributed by atoms with Crippen LogP contribution in [0.2, 0.25) is 0 Å². The Morgan fingerprint density at radius 2 is 2.00 bits per heavy atom. The molecule has 0 spiro atoms. The number of rotatable bonds is 6. The van der Waals surface area contributed by atoms with Crippen LogP contribution in [0.1, 0.15) is 19.3 Å². The maximum atomic E-state index is 11.7. The number of fused-ring (bicyclic) bond motifs is 1. The molecule has 90 valence electrons. The van der Waals surface area contributed by atoms with E-state index in [0.29, 0.717) is 24.1 Å². The minimum Gasteiger partial charge on any atom is -0.481 e. The zero-order chi connectivity index (χ0) is 11.5. The molecule has 0 bridgehead atoms. The van der Waals surface area contributed by atoms with Crippen LogP contribution < -0.4 is 5.32 Å². The molecule has 0 heterocycles. The number of thioether (sulfide) groups is 1. The Morgan fingerprint density at radius 1 is 1.31 bits per heavy atom. The van der Waals surface area contributed by atoms with Crippen LogP contribution in [-0.4, -0.2) is 35.0 Å². The molecule has 2 unspecified atom stereocenters. The van der Waals surface area contributed by atoms with Crippen LogP contribution in [0.15, 0.2) is 0 Å². The zero-order valence-electron chi connectivity index (χ0n) is 9.15. The fourth-order valence-electron chi connectivity index (χ4n) is 2.73. The van der Waals surface area contributed by atoms with Gasteiger partial charge in [0, 0.05) is 18.2 Å². The molecule has 2 aliphatic carbocycles. The molecule has 2 saturated carbocycles. The molecule has 2 atom stereocenters. The van der Waals surface area contributed by atoms with Crippen molar-refractivity contribution in [3.63, 3.8) is 0 Å². The largest absolute Gasteiger partial charge is 0.481 e. The Morgan fingerprint density at radius 3 is 2.62 bits per heavy atom. The van der Waals surface area contributed by atoms with Crippen LogP contribution in [0.5, 0.6) is 0 Å². The average Bonchev–Trinajstić information content (AvgIpc) is 2.71. The summed E-state index contributed by atoms with van der Waals surface area (Å²) in [4.78, 5) is 21.9. The van der Waals surface area contributed by atoms with E-state index < -0.39 is 5.97 Å². The van der Waals surface area contributed by atoms with Crippen molar-refractivity contribution in [2.75, 3.05) is 18.1 Å². The molecule has 2 fully saturated rings. The maximum absolute atomic E-state index is 11.7. The van der Waals surface area contributed by atoms with Crippen LogP contribution in [0.3, 0.4) is 0 Å². The van der Waals surface area contributed by atoms with Crippen molar-refractivity contribution in [3.05, 3.63) is 0 Å². The van der Waals surface area contributed by atoms with E-state index in [1.54, 1.807) is 0 Å². The van der Waals surface area contributed by atoms with Gasteiger partial charge >= 0.3 is 5.97 Å². The van der Waals surface area contributed by atoms with Crippen molar-refractivity contribution in [2.45, 2.75) is 19.3 Å². The first kappa shape index (κ1) is 11.8. The van der Waals surface area contributed by atoms with Crippen molar-refractivity contribution >= 4 is 23.6 Å². The lowest BCUT2D eigenvalue weighted by molar-refractivity contribution is -0.133. The van der Waals surface area contributed by atoms with E-state index in [2.05, 4.69) is 5.32 Å². The molecule has 16 heavy (non-hydrogen) atoms. The van der Waals surface area contributed by atoms with Crippen LogP contribution in [-0.2, 0) is 9.59 Å². The highest BCUT2D eigenvalue weighted by Gasteiger charge is 2.56. The van der Waals surface area contributed by atoms with E-state index in [4.69, 9.17) is 5.11 Å². The van der Waals surface area contributed by atoms with E-state index in [-0.39, 0.29) is 17.6 Å². The molecule has 0 aromatic heterocycles. The van der Waals surface area contributed by atoms with Crippen molar-refractivity contribution in [2.24, 2.45) is 17.8 Å². The van der Waals surface area contributed by atoms with E-state index in [0.717, 1.165) is 0 Å². The summed E-state index contributed by atoms with van der Waals surface area (Å²) in [5.74, 6) is 1.78. The molecule has 0 aromatic carbocycles. The molecular weight excluding hydrogens is 226 g/mol. The van der Waals surface area contributed by atoms with Crippen molar-refractivity contribution in [1.82, 2.24) is 5.32 Å². The summed E-state index contributed by atoms with van der Waals surface area (Å²) < 4.78 is 0. The molecule has 1 amide bonds. The summed E-state index contributed by atoms with van der Waals surface area (Å²) in [5, 5.41) is 11.3. The maximum Gasteiger partial charge on any atom is 0.313 e. The number of hydrogen-bond acceptors (Lipinski definition) is 3. The van der Waals surface area contributed by atoms with Gasteiger partial charge in [-0.05, 0) is 24.7 Å². The number of carbonyl (C=O) groups excluding carboxylic acids is 1. The summed E-state index contributed by atoms with van der Waals surface area (Å²) in [6, 6.07) is 0. The van der Waals surface area contributed by atoms with Crippen molar-refractivity contribution in [3.8, 4) is 0 Å². The molecule has 5 heteroatoms. The van der Waals surface area contributed by atoms with Gasteiger partial charge in [0.15, 0.2) is 0 Å². The number of carboxylic acid groups (broad SMARTS) is 1. The summed E-state index contributed by atoms with van der Waals surface area (Å²) >= 11 is 1.34. The monoisotopic (exact) mass is 243 g/mol. The highest BCUT2D eigenvalue weighted by molar-refractivity contribution is 7.99. The lowest BCUT2D eigenvalue weighted by Gasteiger charge is -2.05. The molecular formula is C11H17NO3S. The van der Waals surface area contributed by atoms with E-state index >= 15 is 0 Å². The summed E-state index contributed by atoms with van der Waals surface area (Å²) in [6.07, 6.45) is 3.72. The predicted octanol–water partition coefficient (Wildman–Crippen LogP) is 0.966. The zero-order valence-corrected chi connectivity index (χ0v) is 9.96. The average molecular weight is 243 g/mol. The van der Waals surface area contributed by atoms with E-state index in [1.807, 2.05) is 0 Å². The molecule has 0 radical (unpaired) electrons. The van der Waals surface area contributed by atoms with Gasteiger partial charge < -0.3 is 10.4 Å². The summed E-state index contributed by atoms with van der Waals surface area (Å²) in [7, 11) is 0. The first-order chi connectivity index (χ1) is 7.70. The van der Waals surface area contributed by atoms with Gasteiger partial charge in [0.2, 0.25) is 5.91 Å². The number of carboxylic acids is 1. The summed E-state index contributed by atoms with van der Waals surface area (Å²) in [5.41, 5.74) is 0. The molecule has 2 rings (SSSR count). The Kier molecular flexibility index (Phi) is 3.74. The normalized spacial score (nSPS) is 30.9. The third-order valence-corrected chi connectivity index (χ3v) is 4.42. The van der Waals surface area contributed by atoms with Gasteiger partial charge in [-0.1, -0.05) is 6.42 Å². The Bertz CT molecular complexity index is 285. The minimum atomic E-state index is -0.798. The predicted molar refractivity (Wildman–Crippen MR) is 62.3 cm³/mol. The number of nitrogens with one attached hydrogen (secondary N) is 1. The first-order valence-electron chi connectivity index (χ1n) is 5.77. The second kappa shape index (κ2) is 5.08. The van der Waals surface area contributed by atoms with Gasteiger partial charge in [0.25, 0.3) is 0 Å². The lowest BCUT2D eigenvalue weighted by Crippen LogP contribution is -2.28. The third-order valence-electron chi connectivity index (χ3n) is 3.48. The van der Waals surface area contributed by atoms with Crippen molar-refractivity contribution < 1.29 is 14.7 Å². The minimum absolute atomic E-state index is 0.116. The summed E-state index contributed by atoms with van der Waals surface area (Å²) in [6.45, 7) is 0.590. The topological polar surface area (TPSA) is 66.4 Å². The smallest absolute Gasteiger partial charge is 0.313 e. The second-order valence-electron chi connectivity index (χ2n) is 4.52. The number of carbonyl (C=O) groups is 2. The van der Waals surface area contributed by atoms with Crippen molar-refractivity contribution in [1.29, 1.82) is 0 Å². The molecule has 0 saturated heterocycles.